The number of carbonyl (C=O) groups excluding carboxylic acids is 1. The van der Waals surface area contributed by atoms with Crippen molar-refractivity contribution in [3.05, 3.63) is 11.6 Å². The molecule has 4 atom stereocenters. The van der Waals surface area contributed by atoms with E-state index in [0.29, 0.717) is 11.3 Å². The Kier molecular flexibility index (Phi) is 5.68. The highest BCUT2D eigenvalue weighted by molar-refractivity contribution is 5.66. The molecule has 0 unspecified atom stereocenters. The third-order valence-corrected chi connectivity index (χ3v) is 6.45. The van der Waals surface area contributed by atoms with Gasteiger partial charge in [-0.2, -0.15) is 0 Å². The first-order chi connectivity index (χ1) is 9.99. The molecule has 21 heavy (non-hydrogen) atoms. The van der Waals surface area contributed by atoms with E-state index in [1.54, 1.807) is 0 Å². The number of hydrogen-bond donors (Lipinski definition) is 0. The van der Waals surface area contributed by atoms with Crippen LogP contribution in [-0.2, 0) is 4.79 Å². The van der Waals surface area contributed by atoms with E-state index >= 15 is 0 Å². The van der Waals surface area contributed by atoms with E-state index in [1.807, 2.05) is 6.08 Å². The summed E-state index contributed by atoms with van der Waals surface area (Å²) < 4.78 is 0. The second kappa shape index (κ2) is 7.11. The lowest BCUT2D eigenvalue weighted by atomic mass is 9.61. The van der Waals surface area contributed by atoms with Crippen LogP contribution in [0.5, 0.6) is 0 Å². The summed E-state index contributed by atoms with van der Waals surface area (Å²) >= 11 is 0. The van der Waals surface area contributed by atoms with E-state index in [-0.39, 0.29) is 0 Å². The number of carbonyl (C=O) groups is 1. The molecule has 0 saturated heterocycles. The van der Waals surface area contributed by atoms with E-state index in [9.17, 15) is 4.79 Å². The molecule has 0 radical (unpaired) electrons. The molecule has 2 rings (SSSR count). The van der Waals surface area contributed by atoms with Crippen LogP contribution in [0, 0.1) is 29.1 Å². The standard InChI is InChI=1S/C20H34O/c1-15(2)7-5-8-16(3)18-10-11-19-17(12-14-21)9-6-13-20(18,19)4/h12,14-16,18-19H,5-11,13H2,1-4H3/b17-12-/t16-,18-,19+,20-/m1/s1. The van der Waals surface area contributed by atoms with E-state index < -0.39 is 0 Å². The summed E-state index contributed by atoms with van der Waals surface area (Å²) in [5.41, 5.74) is 1.92. The van der Waals surface area contributed by atoms with Crippen molar-refractivity contribution < 1.29 is 4.79 Å². The Morgan fingerprint density at radius 2 is 2.00 bits per heavy atom. The molecule has 0 aromatic rings. The van der Waals surface area contributed by atoms with Gasteiger partial charge in [-0.05, 0) is 67.3 Å². The first-order valence-corrected chi connectivity index (χ1v) is 9.13. The molecule has 2 aliphatic carbocycles. The molecular weight excluding hydrogens is 256 g/mol. The molecule has 0 bridgehead atoms. The fourth-order valence-electron chi connectivity index (χ4n) is 5.35. The van der Waals surface area contributed by atoms with E-state index in [0.717, 1.165) is 30.5 Å². The lowest BCUT2D eigenvalue weighted by Gasteiger charge is -2.44. The number of allylic oxidation sites excluding steroid dienone is 2. The molecule has 120 valence electrons. The average molecular weight is 290 g/mol. The normalized spacial score (nSPS) is 36.0. The van der Waals surface area contributed by atoms with Gasteiger partial charge in [-0.15, -0.1) is 0 Å². The van der Waals surface area contributed by atoms with Crippen LogP contribution in [0.1, 0.15) is 79.1 Å². The SMILES string of the molecule is CC(C)CCC[C@@H](C)[C@H]1CC[C@H]2/C(=C\C=O)CCC[C@]12C. The first-order valence-electron chi connectivity index (χ1n) is 9.13. The summed E-state index contributed by atoms with van der Waals surface area (Å²) in [4.78, 5) is 10.9. The average Bonchev–Trinajstić information content (AvgIpc) is 2.76. The maximum absolute atomic E-state index is 10.9. The summed E-state index contributed by atoms with van der Waals surface area (Å²) in [6.45, 7) is 9.66. The van der Waals surface area contributed by atoms with Crippen LogP contribution >= 0.6 is 0 Å². The lowest BCUT2D eigenvalue weighted by Crippen LogP contribution is -2.36. The Bertz CT molecular complexity index is 381. The van der Waals surface area contributed by atoms with Crippen LogP contribution in [0.15, 0.2) is 11.6 Å². The lowest BCUT2D eigenvalue weighted by molar-refractivity contribution is -0.104. The minimum absolute atomic E-state index is 0.463. The number of hydrogen-bond acceptors (Lipinski definition) is 1. The van der Waals surface area contributed by atoms with Crippen molar-refractivity contribution in [2.75, 3.05) is 0 Å². The zero-order chi connectivity index (χ0) is 15.5. The number of rotatable bonds is 6. The second-order valence-corrected chi connectivity index (χ2v) is 8.28. The summed E-state index contributed by atoms with van der Waals surface area (Å²) in [5, 5.41) is 0. The minimum atomic E-state index is 0.463. The third kappa shape index (κ3) is 3.60. The van der Waals surface area contributed by atoms with Crippen LogP contribution in [0.2, 0.25) is 0 Å². The Labute approximate surface area is 131 Å². The van der Waals surface area contributed by atoms with Crippen molar-refractivity contribution >= 4 is 6.29 Å². The van der Waals surface area contributed by atoms with Crippen molar-refractivity contribution in [3.63, 3.8) is 0 Å². The molecule has 0 aliphatic heterocycles. The van der Waals surface area contributed by atoms with Gasteiger partial charge < -0.3 is 0 Å². The summed E-state index contributed by atoms with van der Waals surface area (Å²) in [7, 11) is 0. The van der Waals surface area contributed by atoms with Crippen LogP contribution in [-0.4, -0.2) is 6.29 Å². The largest absolute Gasteiger partial charge is 0.299 e. The zero-order valence-corrected chi connectivity index (χ0v) is 14.5. The molecule has 1 nitrogen and oxygen atoms in total. The van der Waals surface area contributed by atoms with Gasteiger partial charge in [0.15, 0.2) is 0 Å². The predicted octanol–water partition coefficient (Wildman–Crippen LogP) is 5.79. The van der Waals surface area contributed by atoms with Gasteiger partial charge in [0, 0.05) is 0 Å². The van der Waals surface area contributed by atoms with Crippen LogP contribution < -0.4 is 0 Å². The number of fused-ring (bicyclic) bond motifs is 1. The van der Waals surface area contributed by atoms with Gasteiger partial charge in [-0.1, -0.05) is 52.5 Å². The van der Waals surface area contributed by atoms with Gasteiger partial charge in [0.2, 0.25) is 0 Å². The van der Waals surface area contributed by atoms with Crippen LogP contribution in [0.3, 0.4) is 0 Å². The van der Waals surface area contributed by atoms with Gasteiger partial charge in [0.05, 0.1) is 0 Å². The predicted molar refractivity (Wildman–Crippen MR) is 90.2 cm³/mol. The van der Waals surface area contributed by atoms with Gasteiger partial charge in [0.1, 0.15) is 6.29 Å². The fraction of sp³-hybridized carbons (Fsp3) is 0.850. The van der Waals surface area contributed by atoms with Gasteiger partial charge in [0.25, 0.3) is 0 Å². The fourth-order valence-corrected chi connectivity index (χ4v) is 5.35. The molecule has 0 aromatic carbocycles. The maximum Gasteiger partial charge on any atom is 0.142 e. The van der Waals surface area contributed by atoms with Crippen molar-refractivity contribution in [1.29, 1.82) is 0 Å². The van der Waals surface area contributed by atoms with E-state index in [2.05, 4.69) is 27.7 Å². The van der Waals surface area contributed by atoms with Gasteiger partial charge in [-0.25, -0.2) is 0 Å². The Hall–Kier alpha value is -0.590. The molecule has 0 amide bonds. The molecule has 0 heterocycles. The highest BCUT2D eigenvalue weighted by Crippen LogP contribution is 2.59. The Morgan fingerprint density at radius 3 is 2.67 bits per heavy atom. The minimum Gasteiger partial charge on any atom is -0.299 e. The molecule has 1 heteroatoms. The summed E-state index contributed by atoms with van der Waals surface area (Å²) in [6.07, 6.45) is 13.5. The molecule has 2 aliphatic rings. The van der Waals surface area contributed by atoms with E-state index in [4.69, 9.17) is 0 Å². The molecule has 0 spiro atoms. The monoisotopic (exact) mass is 290 g/mol. The molecule has 2 saturated carbocycles. The topological polar surface area (TPSA) is 17.1 Å². The van der Waals surface area contributed by atoms with E-state index in [1.165, 1.54) is 50.5 Å². The Balaban J connectivity index is 2.02. The van der Waals surface area contributed by atoms with Crippen molar-refractivity contribution in [2.24, 2.45) is 29.1 Å². The van der Waals surface area contributed by atoms with Crippen molar-refractivity contribution in [3.8, 4) is 0 Å². The first kappa shape index (κ1) is 16.8. The molecular formula is C20H34O. The van der Waals surface area contributed by atoms with Gasteiger partial charge in [-0.3, -0.25) is 4.79 Å². The van der Waals surface area contributed by atoms with Crippen molar-refractivity contribution in [1.82, 2.24) is 0 Å². The zero-order valence-electron chi connectivity index (χ0n) is 14.5. The molecule has 2 fully saturated rings. The number of aldehydes is 1. The molecule has 0 aromatic heterocycles. The third-order valence-electron chi connectivity index (χ3n) is 6.45. The Morgan fingerprint density at radius 1 is 1.24 bits per heavy atom. The summed E-state index contributed by atoms with van der Waals surface area (Å²) in [6, 6.07) is 0. The quantitative estimate of drug-likeness (QED) is 0.447. The van der Waals surface area contributed by atoms with Gasteiger partial charge >= 0.3 is 0 Å². The smallest absolute Gasteiger partial charge is 0.142 e. The van der Waals surface area contributed by atoms with Crippen LogP contribution in [0.4, 0.5) is 0 Å². The maximum atomic E-state index is 10.9. The van der Waals surface area contributed by atoms with Crippen molar-refractivity contribution in [2.45, 2.75) is 79.1 Å². The van der Waals surface area contributed by atoms with Crippen LogP contribution in [0.25, 0.3) is 0 Å². The highest BCUT2D eigenvalue weighted by Gasteiger charge is 2.50. The highest BCUT2D eigenvalue weighted by atomic mass is 16.1. The molecule has 0 N–H and O–H groups in total. The summed E-state index contributed by atoms with van der Waals surface area (Å²) in [5.74, 6) is 3.23. The second-order valence-electron chi connectivity index (χ2n) is 8.28.